The van der Waals surface area contributed by atoms with Gasteiger partial charge >= 0.3 is 0 Å². The van der Waals surface area contributed by atoms with Gasteiger partial charge in [-0.25, -0.2) is 8.78 Å². The zero-order chi connectivity index (χ0) is 16.9. The maximum Gasteiger partial charge on any atom is 0.123 e. The molecule has 0 heterocycles. The maximum absolute atomic E-state index is 13.8. The zero-order valence-electron chi connectivity index (χ0n) is 13.5. The summed E-state index contributed by atoms with van der Waals surface area (Å²) in [5, 5.41) is 13.9. The molecule has 1 atom stereocenters. The van der Waals surface area contributed by atoms with Crippen LogP contribution >= 0.6 is 0 Å². The molecular weight excluding hydrogens is 296 g/mol. The highest BCUT2D eigenvalue weighted by atomic mass is 19.1. The monoisotopic (exact) mass is 319 g/mol. The Morgan fingerprint density at radius 3 is 1.96 bits per heavy atom. The number of rotatable bonds is 7. The minimum absolute atomic E-state index is 0.388. The first-order valence-electron chi connectivity index (χ1n) is 7.96. The maximum atomic E-state index is 13.8. The highest BCUT2D eigenvalue weighted by Gasteiger charge is 2.39. The Hall–Kier alpha value is -1.78. The highest BCUT2D eigenvalue weighted by molar-refractivity contribution is 5.40. The van der Waals surface area contributed by atoms with Gasteiger partial charge in [-0.1, -0.05) is 37.6 Å². The van der Waals surface area contributed by atoms with Crippen molar-refractivity contribution in [2.24, 2.45) is 0 Å². The number of unbranched alkanes of at least 4 members (excludes halogenated alkanes) is 1. The normalized spacial score (nSPS) is 13.1. The fraction of sp³-hybridized carbons (Fsp3) is 0.368. The van der Waals surface area contributed by atoms with Gasteiger partial charge in [-0.15, -0.1) is 0 Å². The van der Waals surface area contributed by atoms with Crippen LogP contribution in [-0.2, 0) is 5.54 Å². The van der Waals surface area contributed by atoms with Crippen LogP contribution in [0.2, 0.25) is 0 Å². The minimum Gasteiger partial charge on any atom is -0.391 e. The van der Waals surface area contributed by atoms with Gasteiger partial charge in [0, 0.05) is 0 Å². The Kier molecular flexibility index (Phi) is 5.85. The Balaban J connectivity index is 2.59. The number of hydrogen-bond donors (Lipinski definition) is 2. The van der Waals surface area contributed by atoms with E-state index < -0.39 is 11.6 Å². The van der Waals surface area contributed by atoms with E-state index in [-0.39, 0.29) is 11.6 Å². The number of hydrogen-bond acceptors (Lipinski definition) is 2. The summed E-state index contributed by atoms with van der Waals surface area (Å²) in [6.07, 6.45) is 1.01. The molecule has 2 aromatic carbocycles. The Morgan fingerprint density at radius 1 is 1.04 bits per heavy atom. The second-order valence-electron chi connectivity index (χ2n) is 5.79. The van der Waals surface area contributed by atoms with Gasteiger partial charge in [0.05, 0.1) is 11.6 Å². The van der Waals surface area contributed by atoms with Crippen LogP contribution in [0.15, 0.2) is 48.5 Å². The molecule has 0 aliphatic heterocycles. The van der Waals surface area contributed by atoms with E-state index in [0.717, 1.165) is 12.8 Å². The minimum atomic E-state index is -1.06. The Bertz CT molecular complexity index is 597. The predicted octanol–water partition coefficient (Wildman–Crippen LogP) is 3.98. The standard InChI is InChI=1S/C19H23F2NO/c1-3-4-11-22-19(14(2)23,15-7-5-9-17(20)12-15)16-8-6-10-18(21)13-16/h5-10,12-14,22-23H,3-4,11H2,1-2H3. The van der Waals surface area contributed by atoms with E-state index in [9.17, 15) is 13.9 Å². The number of halogens is 2. The number of nitrogens with one attached hydrogen (secondary N) is 1. The summed E-state index contributed by atoms with van der Waals surface area (Å²) < 4.78 is 27.5. The molecule has 1 unspecified atom stereocenters. The van der Waals surface area contributed by atoms with E-state index in [0.29, 0.717) is 17.7 Å². The summed E-state index contributed by atoms with van der Waals surface area (Å²) in [5.41, 5.74) is 0.0998. The lowest BCUT2D eigenvalue weighted by Gasteiger charge is -2.39. The largest absolute Gasteiger partial charge is 0.391 e. The second kappa shape index (κ2) is 7.66. The Labute approximate surface area is 136 Å². The van der Waals surface area contributed by atoms with Crippen LogP contribution in [0.4, 0.5) is 8.78 Å². The van der Waals surface area contributed by atoms with E-state index in [2.05, 4.69) is 12.2 Å². The third kappa shape index (κ3) is 3.77. The van der Waals surface area contributed by atoms with Gasteiger partial charge in [-0.3, -0.25) is 0 Å². The van der Waals surface area contributed by atoms with Crippen LogP contribution < -0.4 is 5.32 Å². The van der Waals surface area contributed by atoms with Crippen molar-refractivity contribution in [2.75, 3.05) is 6.54 Å². The van der Waals surface area contributed by atoms with Crippen LogP contribution in [0, 0.1) is 11.6 Å². The highest BCUT2D eigenvalue weighted by Crippen LogP contribution is 2.34. The van der Waals surface area contributed by atoms with Crippen LogP contribution in [-0.4, -0.2) is 17.8 Å². The van der Waals surface area contributed by atoms with Crippen molar-refractivity contribution in [1.29, 1.82) is 0 Å². The lowest BCUT2D eigenvalue weighted by molar-refractivity contribution is 0.0970. The van der Waals surface area contributed by atoms with Gasteiger partial charge in [0.15, 0.2) is 0 Å². The van der Waals surface area contributed by atoms with Crippen LogP contribution in [0.25, 0.3) is 0 Å². The van der Waals surface area contributed by atoms with Gasteiger partial charge in [0.2, 0.25) is 0 Å². The number of aliphatic hydroxyl groups is 1. The molecule has 124 valence electrons. The molecule has 0 amide bonds. The first-order valence-corrected chi connectivity index (χ1v) is 7.96. The molecule has 0 bridgehead atoms. The SMILES string of the molecule is CCCCNC(c1cccc(F)c1)(c1cccc(F)c1)C(C)O. The molecule has 0 saturated heterocycles. The van der Waals surface area contributed by atoms with E-state index in [1.54, 1.807) is 31.2 Å². The zero-order valence-corrected chi connectivity index (χ0v) is 13.5. The fourth-order valence-electron chi connectivity index (χ4n) is 2.93. The molecule has 2 aromatic rings. The first kappa shape index (κ1) is 17.6. The van der Waals surface area contributed by atoms with Crippen molar-refractivity contribution in [1.82, 2.24) is 5.32 Å². The third-order valence-corrected chi connectivity index (χ3v) is 4.12. The fourth-order valence-corrected chi connectivity index (χ4v) is 2.93. The van der Waals surface area contributed by atoms with Crippen molar-refractivity contribution in [2.45, 2.75) is 38.3 Å². The molecule has 0 aromatic heterocycles. The van der Waals surface area contributed by atoms with Gasteiger partial charge < -0.3 is 10.4 Å². The molecule has 0 aliphatic carbocycles. The quantitative estimate of drug-likeness (QED) is 0.757. The lowest BCUT2D eigenvalue weighted by Crippen LogP contribution is -2.52. The van der Waals surface area contributed by atoms with Crippen molar-refractivity contribution < 1.29 is 13.9 Å². The van der Waals surface area contributed by atoms with E-state index in [1.807, 2.05) is 0 Å². The molecule has 0 fully saturated rings. The summed E-state index contributed by atoms with van der Waals surface area (Å²) in [6.45, 7) is 4.33. The lowest BCUT2D eigenvalue weighted by atomic mass is 9.78. The summed E-state index contributed by atoms with van der Waals surface area (Å²) in [7, 11) is 0. The number of benzene rings is 2. The average Bonchev–Trinajstić information content (AvgIpc) is 2.51. The average molecular weight is 319 g/mol. The van der Waals surface area contributed by atoms with Gasteiger partial charge in [0.25, 0.3) is 0 Å². The molecule has 4 heteroatoms. The van der Waals surface area contributed by atoms with Crippen LogP contribution in [0.5, 0.6) is 0 Å². The molecule has 0 saturated carbocycles. The van der Waals surface area contributed by atoms with Crippen LogP contribution in [0.1, 0.15) is 37.8 Å². The third-order valence-electron chi connectivity index (χ3n) is 4.12. The molecule has 0 radical (unpaired) electrons. The first-order chi connectivity index (χ1) is 11.0. The molecule has 23 heavy (non-hydrogen) atoms. The summed E-state index contributed by atoms with van der Waals surface area (Å²) >= 11 is 0. The topological polar surface area (TPSA) is 32.3 Å². The molecule has 2 nitrogen and oxygen atoms in total. The summed E-state index contributed by atoms with van der Waals surface area (Å²) in [5.74, 6) is -0.776. The van der Waals surface area contributed by atoms with E-state index >= 15 is 0 Å². The summed E-state index contributed by atoms with van der Waals surface area (Å²) in [6, 6.07) is 12.2. The van der Waals surface area contributed by atoms with E-state index in [4.69, 9.17) is 0 Å². The smallest absolute Gasteiger partial charge is 0.123 e. The molecular formula is C19H23F2NO. The van der Waals surface area contributed by atoms with Gasteiger partial charge in [-0.2, -0.15) is 0 Å². The number of aliphatic hydroxyl groups excluding tert-OH is 1. The second-order valence-corrected chi connectivity index (χ2v) is 5.79. The predicted molar refractivity (Wildman–Crippen MR) is 88.2 cm³/mol. The molecule has 0 aliphatic rings. The van der Waals surface area contributed by atoms with Crippen molar-refractivity contribution in [3.05, 3.63) is 71.3 Å². The molecule has 2 N–H and O–H groups in total. The van der Waals surface area contributed by atoms with Crippen molar-refractivity contribution in [3.8, 4) is 0 Å². The molecule has 2 rings (SSSR count). The van der Waals surface area contributed by atoms with E-state index in [1.165, 1.54) is 24.3 Å². The van der Waals surface area contributed by atoms with Gasteiger partial charge in [0.1, 0.15) is 11.6 Å². The summed E-state index contributed by atoms with van der Waals surface area (Å²) in [4.78, 5) is 0. The van der Waals surface area contributed by atoms with Crippen LogP contribution in [0.3, 0.4) is 0 Å². The van der Waals surface area contributed by atoms with Crippen molar-refractivity contribution in [3.63, 3.8) is 0 Å². The van der Waals surface area contributed by atoms with Gasteiger partial charge in [-0.05, 0) is 55.3 Å². The van der Waals surface area contributed by atoms with Crippen molar-refractivity contribution >= 4 is 0 Å². The Morgan fingerprint density at radius 2 is 1.57 bits per heavy atom. The molecule has 0 spiro atoms.